The number of hydrogen-bond acceptors (Lipinski definition) is 9. The van der Waals surface area contributed by atoms with Gasteiger partial charge in [0.1, 0.15) is 6.04 Å². The van der Waals surface area contributed by atoms with Crippen LogP contribution in [-0.2, 0) is 9.59 Å². The predicted molar refractivity (Wildman–Crippen MR) is 124 cm³/mol. The largest absolute Gasteiger partial charge is 0.481 e. The summed E-state index contributed by atoms with van der Waals surface area (Å²) in [6, 6.07) is 4.61. The van der Waals surface area contributed by atoms with Crippen molar-refractivity contribution in [3.8, 4) is 0 Å². The van der Waals surface area contributed by atoms with Gasteiger partial charge in [-0.1, -0.05) is 0 Å². The van der Waals surface area contributed by atoms with E-state index in [9.17, 15) is 24.3 Å². The number of nitrogens with two attached hydrogens (primary N) is 1. The fourth-order valence-corrected chi connectivity index (χ4v) is 3.42. The van der Waals surface area contributed by atoms with E-state index in [0.717, 1.165) is 6.34 Å². The van der Waals surface area contributed by atoms with Crippen LogP contribution in [-0.4, -0.2) is 69.5 Å². The maximum absolute atomic E-state index is 12.3. The number of carbonyl (C=O) groups is 3. The second-order valence-electron chi connectivity index (χ2n) is 7.47. The van der Waals surface area contributed by atoms with E-state index in [1.54, 1.807) is 12.1 Å². The number of anilines is 4. The Labute approximate surface area is 192 Å². The number of carboxylic acid groups (broad SMARTS) is 2. The van der Waals surface area contributed by atoms with E-state index in [-0.39, 0.29) is 36.1 Å². The summed E-state index contributed by atoms with van der Waals surface area (Å²) in [5.41, 5.74) is 6.14. The van der Waals surface area contributed by atoms with Crippen molar-refractivity contribution in [2.45, 2.75) is 24.9 Å². The molecule has 1 amide bonds. The van der Waals surface area contributed by atoms with Crippen molar-refractivity contribution >= 4 is 47.3 Å². The minimum Gasteiger partial charge on any atom is -0.481 e. The number of aliphatic carboxylic acids is 2. The minimum atomic E-state index is -1.32. The van der Waals surface area contributed by atoms with Gasteiger partial charge in [-0.2, -0.15) is 4.98 Å². The molecule has 1 aliphatic heterocycles. The van der Waals surface area contributed by atoms with Crippen LogP contribution in [0, 0.1) is 5.41 Å². The normalized spacial score (nSPS) is 15.4. The number of fused-ring (bicyclic) bond motifs is 1. The number of aromatic nitrogens is 2. The van der Waals surface area contributed by atoms with Gasteiger partial charge in [0.2, 0.25) is 5.95 Å². The SMILES string of the molecule is N=CN1c2c(nc(N)[nH]c2=O)NC[C@H]1CNc1ccc(C(=O)N[C@@H](CCC(=O)O)C(=O)O)cc1. The third-order valence-electron chi connectivity index (χ3n) is 5.15. The zero-order chi connectivity index (χ0) is 24.8. The van der Waals surface area contributed by atoms with Crippen LogP contribution in [0.15, 0.2) is 29.1 Å². The van der Waals surface area contributed by atoms with Crippen LogP contribution in [0.25, 0.3) is 0 Å². The molecule has 1 aromatic carbocycles. The number of amides is 1. The fourth-order valence-electron chi connectivity index (χ4n) is 3.42. The molecule has 0 fully saturated rings. The summed E-state index contributed by atoms with van der Waals surface area (Å²) >= 11 is 0. The lowest BCUT2D eigenvalue weighted by Crippen LogP contribution is -2.49. The number of benzene rings is 1. The average Bonchev–Trinajstić information content (AvgIpc) is 2.79. The second kappa shape index (κ2) is 10.3. The summed E-state index contributed by atoms with van der Waals surface area (Å²) in [5, 5.41) is 34.1. The van der Waals surface area contributed by atoms with Gasteiger partial charge < -0.3 is 36.8 Å². The Morgan fingerprint density at radius 2 is 2.00 bits per heavy atom. The van der Waals surface area contributed by atoms with Crippen LogP contribution in [0.4, 0.5) is 23.1 Å². The van der Waals surface area contributed by atoms with E-state index in [1.165, 1.54) is 17.0 Å². The van der Waals surface area contributed by atoms with Gasteiger partial charge in [0.25, 0.3) is 11.5 Å². The highest BCUT2D eigenvalue weighted by Gasteiger charge is 2.29. The number of nitrogen functional groups attached to an aromatic ring is 1. The first kappa shape index (κ1) is 24.0. The average molecular weight is 472 g/mol. The summed E-state index contributed by atoms with van der Waals surface area (Å²) < 4.78 is 0. The highest BCUT2D eigenvalue weighted by Crippen LogP contribution is 2.25. The van der Waals surface area contributed by atoms with Gasteiger partial charge in [0.05, 0.1) is 12.4 Å². The molecule has 1 aromatic heterocycles. The van der Waals surface area contributed by atoms with Crippen LogP contribution in [0.3, 0.4) is 0 Å². The molecule has 14 nitrogen and oxygen atoms in total. The molecule has 1 aliphatic rings. The Morgan fingerprint density at radius 1 is 1.29 bits per heavy atom. The van der Waals surface area contributed by atoms with Crippen molar-refractivity contribution in [3.63, 3.8) is 0 Å². The minimum absolute atomic E-state index is 0.0292. The molecule has 0 unspecified atom stereocenters. The van der Waals surface area contributed by atoms with Crippen molar-refractivity contribution in [1.82, 2.24) is 15.3 Å². The molecule has 0 saturated heterocycles. The number of nitrogens with zero attached hydrogens (tertiary/aromatic N) is 2. The first-order valence-electron chi connectivity index (χ1n) is 10.2. The van der Waals surface area contributed by atoms with E-state index < -0.39 is 29.4 Å². The monoisotopic (exact) mass is 472 g/mol. The molecule has 34 heavy (non-hydrogen) atoms. The lowest BCUT2D eigenvalue weighted by atomic mass is 10.1. The molecule has 2 atom stereocenters. The summed E-state index contributed by atoms with van der Waals surface area (Å²) in [6.45, 7) is 0.728. The van der Waals surface area contributed by atoms with E-state index >= 15 is 0 Å². The quantitative estimate of drug-likeness (QED) is 0.166. The Hall–Kier alpha value is -4.62. The fraction of sp³-hybridized carbons (Fsp3) is 0.300. The molecule has 2 aromatic rings. The molecular formula is C20H24N8O6. The first-order valence-corrected chi connectivity index (χ1v) is 10.2. The summed E-state index contributed by atoms with van der Waals surface area (Å²) in [6.07, 6.45) is 0.418. The van der Waals surface area contributed by atoms with Crippen LogP contribution < -0.4 is 32.1 Å². The number of H-pyrrole nitrogens is 1. The molecule has 0 bridgehead atoms. The molecule has 0 aliphatic carbocycles. The maximum Gasteiger partial charge on any atom is 0.326 e. The Kier molecular flexibility index (Phi) is 7.30. The summed E-state index contributed by atoms with van der Waals surface area (Å²) in [5.74, 6) is -2.85. The number of nitrogens with one attached hydrogen (secondary N) is 5. The molecule has 14 heteroatoms. The second-order valence-corrected chi connectivity index (χ2v) is 7.47. The number of carbonyl (C=O) groups excluding carboxylic acids is 1. The van der Waals surface area contributed by atoms with Gasteiger partial charge in [-0.05, 0) is 30.7 Å². The van der Waals surface area contributed by atoms with Gasteiger partial charge in [-0.3, -0.25) is 24.8 Å². The maximum atomic E-state index is 12.3. The number of hydrogen-bond donors (Lipinski definition) is 8. The molecule has 2 heterocycles. The number of carboxylic acids is 2. The van der Waals surface area contributed by atoms with Crippen LogP contribution in [0.5, 0.6) is 0 Å². The Bertz CT molecular complexity index is 1150. The van der Waals surface area contributed by atoms with E-state index in [4.69, 9.17) is 16.2 Å². The van der Waals surface area contributed by atoms with Gasteiger partial charge in [0.15, 0.2) is 11.5 Å². The lowest BCUT2D eigenvalue weighted by Gasteiger charge is -2.35. The lowest BCUT2D eigenvalue weighted by molar-refractivity contribution is -0.140. The van der Waals surface area contributed by atoms with Gasteiger partial charge >= 0.3 is 11.9 Å². The van der Waals surface area contributed by atoms with Crippen molar-refractivity contribution in [2.24, 2.45) is 0 Å². The standard InChI is InChI=1S/C20H24N8O6/c21-9-28-12(8-24-16-15(28)18(32)27-20(22)26-16)7-23-11-3-1-10(2-4-11)17(31)25-13(19(33)34)5-6-14(29)30/h1-4,9,12-13,21,23H,5-8H2,(H,25,31)(H,29,30)(H,33,34)(H4,22,24,26,27,32)/t12-,13+/m1/s1. The van der Waals surface area contributed by atoms with Crippen LogP contribution in [0.2, 0.25) is 0 Å². The highest BCUT2D eigenvalue weighted by atomic mass is 16.4. The third kappa shape index (κ3) is 5.59. The van der Waals surface area contributed by atoms with Crippen molar-refractivity contribution in [2.75, 3.05) is 34.4 Å². The Morgan fingerprint density at radius 3 is 2.62 bits per heavy atom. The molecule has 9 N–H and O–H groups in total. The molecule has 0 spiro atoms. The molecule has 180 valence electrons. The summed E-state index contributed by atoms with van der Waals surface area (Å²) in [4.78, 5) is 54.5. The highest BCUT2D eigenvalue weighted by molar-refractivity contribution is 5.97. The van der Waals surface area contributed by atoms with Crippen LogP contribution in [0.1, 0.15) is 23.2 Å². The smallest absolute Gasteiger partial charge is 0.326 e. The number of rotatable bonds is 10. The first-order chi connectivity index (χ1) is 16.2. The van der Waals surface area contributed by atoms with Gasteiger partial charge in [-0.25, -0.2) is 4.79 Å². The third-order valence-corrected chi connectivity index (χ3v) is 5.15. The summed E-state index contributed by atoms with van der Waals surface area (Å²) in [7, 11) is 0. The topological polar surface area (TPSA) is 227 Å². The predicted octanol–water partition coefficient (Wildman–Crippen LogP) is -0.280. The zero-order valence-corrected chi connectivity index (χ0v) is 17.9. The van der Waals surface area contributed by atoms with Gasteiger partial charge in [-0.15, -0.1) is 0 Å². The van der Waals surface area contributed by atoms with Crippen molar-refractivity contribution in [1.29, 1.82) is 5.41 Å². The molecular weight excluding hydrogens is 448 g/mol. The van der Waals surface area contributed by atoms with Crippen molar-refractivity contribution < 1.29 is 24.6 Å². The van der Waals surface area contributed by atoms with Crippen molar-refractivity contribution in [3.05, 3.63) is 40.2 Å². The van der Waals surface area contributed by atoms with Crippen LogP contribution >= 0.6 is 0 Å². The van der Waals surface area contributed by atoms with E-state index in [0.29, 0.717) is 24.6 Å². The molecule has 3 rings (SSSR count). The molecule has 0 saturated carbocycles. The van der Waals surface area contributed by atoms with Gasteiger partial charge in [0, 0.05) is 30.8 Å². The Balaban J connectivity index is 1.62. The zero-order valence-electron chi connectivity index (χ0n) is 17.9. The molecule has 0 radical (unpaired) electrons. The number of aromatic amines is 1. The van der Waals surface area contributed by atoms with E-state index in [2.05, 4.69) is 25.9 Å². The van der Waals surface area contributed by atoms with E-state index in [1.807, 2.05) is 0 Å².